The molecular weight excluding hydrogens is 373 g/mol. The van der Waals surface area contributed by atoms with E-state index < -0.39 is 0 Å². The molecule has 0 aromatic heterocycles. The Hall–Kier alpha value is -2.93. The van der Waals surface area contributed by atoms with E-state index in [2.05, 4.69) is 10.6 Å². The monoisotopic (exact) mass is 399 g/mol. The maximum atomic E-state index is 13.3. The second kappa shape index (κ2) is 8.61. The Bertz CT molecular complexity index is 897. The van der Waals surface area contributed by atoms with Gasteiger partial charge in [-0.1, -0.05) is 19.9 Å². The van der Waals surface area contributed by atoms with Crippen LogP contribution in [0.15, 0.2) is 42.5 Å². The second-order valence-corrected chi connectivity index (χ2v) is 8.06. The molecule has 2 aromatic carbocycles. The summed E-state index contributed by atoms with van der Waals surface area (Å²) in [6.45, 7) is 5.89. The highest BCUT2D eigenvalue weighted by Crippen LogP contribution is 2.24. The largest absolute Gasteiger partial charge is 0.384 e. The van der Waals surface area contributed by atoms with Gasteiger partial charge in [0.1, 0.15) is 5.82 Å². The molecule has 0 unspecified atom stereocenters. The topological polar surface area (TPSA) is 70.7 Å². The van der Waals surface area contributed by atoms with Crippen LogP contribution in [0, 0.1) is 11.2 Å². The number of methoxy groups -OCH3 is 1. The minimum absolute atomic E-state index is 0.158. The third-order valence-corrected chi connectivity index (χ3v) is 4.84. The number of anilines is 1. The number of hydrogen-bond donors (Lipinski definition) is 2. The van der Waals surface area contributed by atoms with Crippen molar-refractivity contribution in [3.8, 4) is 0 Å². The number of ether oxygens (including phenoxy) is 1. The summed E-state index contributed by atoms with van der Waals surface area (Å²) in [5.41, 5.74) is 2.72. The van der Waals surface area contributed by atoms with E-state index in [0.29, 0.717) is 37.5 Å². The van der Waals surface area contributed by atoms with Crippen LogP contribution in [-0.2, 0) is 17.8 Å². The summed E-state index contributed by atoms with van der Waals surface area (Å²) in [7, 11) is 1.63. The molecule has 1 aliphatic heterocycles. The molecule has 3 amide bonds. The van der Waals surface area contributed by atoms with Crippen LogP contribution in [0.5, 0.6) is 0 Å². The zero-order valence-corrected chi connectivity index (χ0v) is 16.9. The summed E-state index contributed by atoms with van der Waals surface area (Å²) in [5.74, 6) is -0.477. The van der Waals surface area contributed by atoms with Gasteiger partial charge in [0.05, 0.1) is 6.61 Å². The highest BCUT2D eigenvalue weighted by Gasteiger charge is 2.24. The van der Waals surface area contributed by atoms with Gasteiger partial charge in [-0.2, -0.15) is 0 Å². The van der Waals surface area contributed by atoms with Gasteiger partial charge < -0.3 is 20.3 Å². The molecule has 154 valence electrons. The lowest BCUT2D eigenvalue weighted by molar-refractivity contribution is 0.0847. The van der Waals surface area contributed by atoms with Gasteiger partial charge in [0.15, 0.2) is 0 Å². The van der Waals surface area contributed by atoms with Crippen LogP contribution in [0.4, 0.5) is 14.9 Å². The quantitative estimate of drug-likeness (QED) is 0.777. The zero-order chi connectivity index (χ0) is 21.0. The predicted molar refractivity (Wildman–Crippen MR) is 109 cm³/mol. The molecule has 0 spiro atoms. The lowest BCUT2D eigenvalue weighted by Crippen LogP contribution is -2.36. The van der Waals surface area contributed by atoms with Gasteiger partial charge >= 0.3 is 6.03 Å². The molecule has 0 atom stereocenters. The molecule has 29 heavy (non-hydrogen) atoms. The van der Waals surface area contributed by atoms with Crippen LogP contribution in [0.2, 0.25) is 0 Å². The number of fused-ring (bicyclic) bond motifs is 1. The van der Waals surface area contributed by atoms with Crippen molar-refractivity contribution in [1.82, 2.24) is 10.2 Å². The SMILES string of the molecule is COCC(C)(C)CNC(=O)c1ccc(NC(=O)N2Cc3ccc(F)cc3C2)cc1. The van der Waals surface area contributed by atoms with Gasteiger partial charge in [0, 0.05) is 43.4 Å². The van der Waals surface area contributed by atoms with Gasteiger partial charge in [-0.15, -0.1) is 0 Å². The fourth-order valence-electron chi connectivity index (χ4n) is 3.28. The number of hydrogen-bond acceptors (Lipinski definition) is 3. The first-order valence-corrected chi connectivity index (χ1v) is 9.48. The summed E-state index contributed by atoms with van der Waals surface area (Å²) < 4.78 is 18.5. The fraction of sp³-hybridized carbons (Fsp3) is 0.364. The lowest BCUT2D eigenvalue weighted by atomic mass is 9.95. The maximum Gasteiger partial charge on any atom is 0.322 e. The van der Waals surface area contributed by atoms with Crippen LogP contribution in [0.3, 0.4) is 0 Å². The highest BCUT2D eigenvalue weighted by atomic mass is 19.1. The Balaban J connectivity index is 1.54. The fourth-order valence-corrected chi connectivity index (χ4v) is 3.28. The molecule has 6 nitrogen and oxygen atoms in total. The van der Waals surface area contributed by atoms with Crippen molar-refractivity contribution in [2.75, 3.05) is 25.6 Å². The van der Waals surface area contributed by atoms with E-state index in [1.54, 1.807) is 42.3 Å². The molecule has 0 saturated heterocycles. The Morgan fingerprint density at radius 2 is 1.79 bits per heavy atom. The third-order valence-electron chi connectivity index (χ3n) is 4.84. The van der Waals surface area contributed by atoms with Gasteiger partial charge in [-0.25, -0.2) is 9.18 Å². The van der Waals surface area contributed by atoms with Crippen molar-refractivity contribution in [2.45, 2.75) is 26.9 Å². The molecule has 1 heterocycles. The molecule has 1 aliphatic rings. The van der Waals surface area contributed by atoms with E-state index in [1.807, 2.05) is 13.8 Å². The molecule has 2 N–H and O–H groups in total. The highest BCUT2D eigenvalue weighted by molar-refractivity contribution is 5.95. The van der Waals surface area contributed by atoms with E-state index in [1.165, 1.54) is 12.1 Å². The van der Waals surface area contributed by atoms with Crippen molar-refractivity contribution < 1.29 is 18.7 Å². The van der Waals surface area contributed by atoms with E-state index in [4.69, 9.17) is 4.74 Å². The molecule has 0 bridgehead atoms. The summed E-state index contributed by atoms with van der Waals surface area (Å²) in [5, 5.41) is 5.72. The first kappa shape index (κ1) is 20.8. The molecule has 0 saturated carbocycles. The number of rotatable bonds is 6. The van der Waals surface area contributed by atoms with Gasteiger partial charge in [-0.05, 0) is 47.5 Å². The van der Waals surface area contributed by atoms with Gasteiger partial charge in [0.2, 0.25) is 0 Å². The number of amides is 3. The molecule has 7 heteroatoms. The lowest BCUT2D eigenvalue weighted by Gasteiger charge is -2.23. The number of urea groups is 1. The summed E-state index contributed by atoms with van der Waals surface area (Å²) in [4.78, 5) is 26.4. The third kappa shape index (κ3) is 5.32. The molecule has 2 aromatic rings. The van der Waals surface area contributed by atoms with Crippen LogP contribution in [0.25, 0.3) is 0 Å². The van der Waals surface area contributed by atoms with E-state index in [-0.39, 0.29) is 23.2 Å². The first-order chi connectivity index (χ1) is 13.8. The van der Waals surface area contributed by atoms with Crippen LogP contribution < -0.4 is 10.6 Å². The number of benzene rings is 2. The molecule has 3 rings (SSSR count). The normalized spacial score (nSPS) is 13.2. The smallest absolute Gasteiger partial charge is 0.322 e. The summed E-state index contributed by atoms with van der Waals surface area (Å²) in [6.07, 6.45) is 0. The second-order valence-electron chi connectivity index (χ2n) is 8.06. The number of carbonyl (C=O) groups excluding carboxylic acids is 2. The van der Waals surface area contributed by atoms with Crippen LogP contribution in [-0.4, -0.2) is 37.1 Å². The zero-order valence-electron chi connectivity index (χ0n) is 16.9. The first-order valence-electron chi connectivity index (χ1n) is 9.48. The van der Waals surface area contributed by atoms with Crippen LogP contribution >= 0.6 is 0 Å². The molecule has 0 fully saturated rings. The Morgan fingerprint density at radius 1 is 1.10 bits per heavy atom. The summed E-state index contributed by atoms with van der Waals surface area (Å²) in [6, 6.07) is 11.0. The molecule has 0 aliphatic carbocycles. The minimum Gasteiger partial charge on any atom is -0.384 e. The van der Waals surface area contributed by atoms with Crippen molar-refractivity contribution in [1.29, 1.82) is 0 Å². The number of halogens is 1. The molecular formula is C22H26FN3O3. The maximum absolute atomic E-state index is 13.3. The Labute approximate surface area is 170 Å². The van der Waals surface area contributed by atoms with Gasteiger partial charge in [0.25, 0.3) is 5.91 Å². The number of nitrogens with one attached hydrogen (secondary N) is 2. The predicted octanol–water partition coefficient (Wildman–Crippen LogP) is 3.78. The standard InChI is InChI=1S/C22H26FN3O3/c1-22(2,14-29-3)13-24-20(27)15-5-8-19(9-6-15)25-21(28)26-11-16-4-7-18(23)10-17(16)12-26/h4-10H,11-14H2,1-3H3,(H,24,27)(H,25,28). The minimum atomic E-state index is -0.300. The van der Waals surface area contributed by atoms with E-state index >= 15 is 0 Å². The Kier molecular flexibility index (Phi) is 6.17. The summed E-state index contributed by atoms with van der Waals surface area (Å²) >= 11 is 0. The van der Waals surface area contributed by atoms with Crippen molar-refractivity contribution in [3.05, 3.63) is 65.0 Å². The average Bonchev–Trinajstić information content (AvgIpc) is 3.10. The van der Waals surface area contributed by atoms with Crippen molar-refractivity contribution in [2.24, 2.45) is 5.41 Å². The van der Waals surface area contributed by atoms with Gasteiger partial charge in [-0.3, -0.25) is 4.79 Å². The Morgan fingerprint density at radius 3 is 2.48 bits per heavy atom. The van der Waals surface area contributed by atoms with E-state index in [0.717, 1.165) is 11.1 Å². The number of carbonyl (C=O) groups is 2. The number of nitrogens with zero attached hydrogens (tertiary/aromatic N) is 1. The van der Waals surface area contributed by atoms with Crippen molar-refractivity contribution >= 4 is 17.6 Å². The average molecular weight is 399 g/mol. The molecule has 0 radical (unpaired) electrons. The van der Waals surface area contributed by atoms with Crippen molar-refractivity contribution in [3.63, 3.8) is 0 Å². The van der Waals surface area contributed by atoms with Crippen LogP contribution in [0.1, 0.15) is 35.3 Å². The van der Waals surface area contributed by atoms with E-state index in [9.17, 15) is 14.0 Å².